The number of halogens is 4. The van der Waals surface area contributed by atoms with Crippen LogP contribution in [0.15, 0.2) is 71.6 Å². The van der Waals surface area contributed by atoms with Crippen LogP contribution in [0.25, 0.3) is 0 Å². The predicted octanol–water partition coefficient (Wildman–Crippen LogP) is 5.62. The maximum atomic E-state index is 14.3. The van der Waals surface area contributed by atoms with Gasteiger partial charge >= 0.3 is 0 Å². The minimum absolute atomic E-state index is 0.0442. The van der Waals surface area contributed by atoms with Crippen LogP contribution in [0.2, 0.25) is 15.1 Å². The molecule has 3 rings (SSSR count). The maximum absolute atomic E-state index is 14.3. The van der Waals surface area contributed by atoms with E-state index in [9.17, 15) is 17.6 Å². The van der Waals surface area contributed by atoms with E-state index in [1.54, 1.807) is 18.2 Å². The lowest BCUT2D eigenvalue weighted by atomic mass is 10.2. The highest BCUT2D eigenvalue weighted by molar-refractivity contribution is 7.89. The van der Waals surface area contributed by atoms with Gasteiger partial charge in [-0.3, -0.25) is 4.79 Å². The van der Waals surface area contributed by atoms with Gasteiger partial charge in [0.25, 0.3) is 0 Å². The van der Waals surface area contributed by atoms with Crippen LogP contribution in [0.3, 0.4) is 0 Å². The van der Waals surface area contributed by atoms with E-state index in [4.69, 9.17) is 34.8 Å². The first-order valence-electron chi connectivity index (χ1n) is 8.91. The SMILES string of the molecule is O=C(CN(Cc1c(F)cccc1Cl)S(=O)(=O)c1ccc(Cl)cc1)Nc1cccc(Cl)c1. The highest BCUT2D eigenvalue weighted by atomic mass is 35.5. The Labute approximate surface area is 194 Å². The minimum Gasteiger partial charge on any atom is -0.325 e. The zero-order chi connectivity index (χ0) is 22.6. The largest absolute Gasteiger partial charge is 0.325 e. The van der Waals surface area contributed by atoms with Crippen LogP contribution in [0, 0.1) is 5.82 Å². The summed E-state index contributed by atoms with van der Waals surface area (Å²) in [5.74, 6) is -1.31. The quantitative estimate of drug-likeness (QED) is 0.457. The molecule has 3 aromatic rings. The third kappa shape index (κ3) is 5.96. The van der Waals surface area contributed by atoms with Gasteiger partial charge in [0, 0.05) is 32.9 Å². The molecule has 0 aromatic heterocycles. The molecule has 1 N–H and O–H groups in total. The van der Waals surface area contributed by atoms with Crippen molar-refractivity contribution in [2.75, 3.05) is 11.9 Å². The smallest absolute Gasteiger partial charge is 0.243 e. The number of carbonyl (C=O) groups excluding carboxylic acids is 1. The summed E-state index contributed by atoms with van der Waals surface area (Å²) < 4.78 is 41.6. The summed E-state index contributed by atoms with van der Waals surface area (Å²) in [5.41, 5.74) is 0.350. The number of nitrogens with one attached hydrogen (secondary N) is 1. The van der Waals surface area contributed by atoms with Crippen molar-refractivity contribution in [3.63, 3.8) is 0 Å². The monoisotopic (exact) mass is 500 g/mol. The van der Waals surface area contributed by atoms with Gasteiger partial charge < -0.3 is 5.32 Å². The van der Waals surface area contributed by atoms with Crippen LogP contribution < -0.4 is 5.32 Å². The summed E-state index contributed by atoms with van der Waals surface area (Å²) in [4.78, 5) is 12.5. The van der Waals surface area contributed by atoms with Crippen molar-refractivity contribution in [3.8, 4) is 0 Å². The van der Waals surface area contributed by atoms with E-state index < -0.39 is 34.8 Å². The van der Waals surface area contributed by atoms with Crippen LogP contribution in [-0.2, 0) is 21.4 Å². The molecule has 31 heavy (non-hydrogen) atoms. The highest BCUT2D eigenvalue weighted by Crippen LogP contribution is 2.25. The third-order valence-electron chi connectivity index (χ3n) is 4.28. The molecule has 0 spiro atoms. The normalized spacial score (nSPS) is 11.5. The van der Waals surface area contributed by atoms with Crippen LogP contribution in [0.5, 0.6) is 0 Å². The Balaban J connectivity index is 1.93. The molecule has 0 bridgehead atoms. The van der Waals surface area contributed by atoms with Gasteiger partial charge in [0.05, 0.1) is 11.4 Å². The van der Waals surface area contributed by atoms with Crippen LogP contribution in [-0.4, -0.2) is 25.2 Å². The number of hydrogen-bond donors (Lipinski definition) is 1. The Bertz CT molecular complexity index is 1180. The Morgan fingerprint density at radius 2 is 1.61 bits per heavy atom. The molecule has 0 saturated heterocycles. The van der Waals surface area contributed by atoms with E-state index >= 15 is 0 Å². The molecule has 0 saturated carbocycles. The fourth-order valence-corrected chi connectivity index (χ4v) is 4.67. The van der Waals surface area contributed by atoms with Gasteiger partial charge in [-0.15, -0.1) is 0 Å². The van der Waals surface area contributed by atoms with Crippen molar-refractivity contribution in [2.45, 2.75) is 11.4 Å². The number of nitrogens with zero attached hydrogens (tertiary/aromatic N) is 1. The molecular formula is C21H16Cl3FN2O3S. The van der Waals surface area contributed by atoms with Crippen molar-refractivity contribution in [3.05, 3.63) is 93.2 Å². The molecule has 0 aliphatic rings. The lowest BCUT2D eigenvalue weighted by Crippen LogP contribution is -2.37. The second-order valence-corrected chi connectivity index (χ2v) is 9.70. The van der Waals surface area contributed by atoms with Crippen LogP contribution in [0.4, 0.5) is 10.1 Å². The summed E-state index contributed by atoms with van der Waals surface area (Å²) in [7, 11) is -4.18. The molecule has 162 valence electrons. The molecule has 0 atom stereocenters. The first-order valence-corrected chi connectivity index (χ1v) is 11.5. The van der Waals surface area contributed by atoms with Crippen molar-refractivity contribution >= 4 is 56.4 Å². The number of anilines is 1. The first-order chi connectivity index (χ1) is 14.7. The Morgan fingerprint density at radius 3 is 2.26 bits per heavy atom. The van der Waals surface area contributed by atoms with Crippen molar-refractivity contribution in [2.24, 2.45) is 0 Å². The van der Waals surface area contributed by atoms with E-state index in [2.05, 4.69) is 5.32 Å². The topological polar surface area (TPSA) is 66.5 Å². The zero-order valence-corrected chi connectivity index (χ0v) is 18.9. The Morgan fingerprint density at radius 1 is 0.935 bits per heavy atom. The molecule has 3 aromatic carbocycles. The first kappa shape index (κ1) is 23.5. The van der Waals surface area contributed by atoms with E-state index in [0.29, 0.717) is 15.7 Å². The van der Waals surface area contributed by atoms with Gasteiger partial charge in [0.2, 0.25) is 15.9 Å². The van der Waals surface area contributed by atoms with Gasteiger partial charge in [-0.1, -0.05) is 46.9 Å². The minimum atomic E-state index is -4.18. The molecule has 0 radical (unpaired) electrons. The second kappa shape index (κ2) is 9.97. The van der Waals surface area contributed by atoms with Crippen LogP contribution in [0.1, 0.15) is 5.56 Å². The third-order valence-corrected chi connectivity index (χ3v) is 6.92. The van der Waals surface area contributed by atoms with E-state index in [-0.39, 0.29) is 15.5 Å². The van der Waals surface area contributed by atoms with Gasteiger partial charge in [-0.05, 0) is 54.6 Å². The van der Waals surface area contributed by atoms with Gasteiger partial charge in [0.1, 0.15) is 5.82 Å². The number of amides is 1. The fraction of sp³-hybridized carbons (Fsp3) is 0.0952. The van der Waals surface area contributed by atoms with E-state index in [0.717, 1.165) is 4.31 Å². The predicted molar refractivity (Wildman–Crippen MR) is 121 cm³/mol. The Hall–Kier alpha value is -2.16. The standard InChI is InChI=1S/C21H16Cl3FN2O3S/c22-14-7-9-17(10-8-14)31(29,30)27(12-18-19(24)5-2-6-20(18)25)13-21(28)26-16-4-1-3-15(23)11-16/h1-11H,12-13H2,(H,26,28). The molecule has 5 nitrogen and oxygen atoms in total. The summed E-state index contributed by atoms with van der Waals surface area (Å²) in [6, 6.07) is 15.9. The fourth-order valence-electron chi connectivity index (χ4n) is 2.77. The number of rotatable bonds is 7. The molecule has 0 heterocycles. The molecule has 1 amide bonds. The summed E-state index contributed by atoms with van der Waals surface area (Å²) in [6.45, 7) is -1.03. The molecule has 0 fully saturated rings. The lowest BCUT2D eigenvalue weighted by Gasteiger charge is -2.23. The highest BCUT2D eigenvalue weighted by Gasteiger charge is 2.28. The summed E-state index contributed by atoms with van der Waals surface area (Å²) >= 11 is 17.8. The van der Waals surface area contributed by atoms with E-state index in [1.807, 2.05) is 0 Å². The average molecular weight is 502 g/mol. The van der Waals surface area contributed by atoms with Crippen molar-refractivity contribution in [1.29, 1.82) is 0 Å². The summed E-state index contributed by atoms with van der Waals surface area (Å²) in [6.07, 6.45) is 0. The summed E-state index contributed by atoms with van der Waals surface area (Å²) in [5, 5.41) is 3.38. The number of benzene rings is 3. The maximum Gasteiger partial charge on any atom is 0.243 e. The van der Waals surface area contributed by atoms with Gasteiger partial charge in [-0.2, -0.15) is 4.31 Å². The number of carbonyl (C=O) groups is 1. The van der Waals surface area contributed by atoms with Gasteiger partial charge in [-0.25, -0.2) is 12.8 Å². The second-order valence-electron chi connectivity index (χ2n) is 6.49. The molecular weight excluding hydrogens is 486 g/mol. The lowest BCUT2D eigenvalue weighted by molar-refractivity contribution is -0.116. The number of hydrogen-bond acceptors (Lipinski definition) is 3. The molecule has 0 aliphatic carbocycles. The van der Waals surface area contributed by atoms with Crippen molar-refractivity contribution in [1.82, 2.24) is 4.31 Å². The zero-order valence-electron chi connectivity index (χ0n) is 15.9. The van der Waals surface area contributed by atoms with Crippen LogP contribution >= 0.6 is 34.8 Å². The Kier molecular flexibility index (Phi) is 7.56. The van der Waals surface area contributed by atoms with E-state index in [1.165, 1.54) is 48.5 Å². The molecule has 0 unspecified atom stereocenters. The number of sulfonamides is 1. The molecule has 0 aliphatic heterocycles. The van der Waals surface area contributed by atoms with Gasteiger partial charge in [0.15, 0.2) is 0 Å². The molecule has 10 heteroatoms. The van der Waals surface area contributed by atoms with Crippen molar-refractivity contribution < 1.29 is 17.6 Å². The average Bonchev–Trinajstić information content (AvgIpc) is 2.70.